The lowest BCUT2D eigenvalue weighted by Gasteiger charge is -2.29. The second-order valence-electron chi connectivity index (χ2n) is 6.98. The molecule has 0 fully saturated rings. The van der Waals surface area contributed by atoms with Gasteiger partial charge in [0.05, 0.1) is 5.60 Å². The molecule has 1 aromatic rings. The van der Waals surface area contributed by atoms with Crippen molar-refractivity contribution in [1.82, 2.24) is 5.32 Å². The van der Waals surface area contributed by atoms with Gasteiger partial charge in [0.15, 0.2) is 0 Å². The summed E-state index contributed by atoms with van der Waals surface area (Å²) in [6.45, 7) is 6.05. The molecule has 112 valence electrons. The lowest BCUT2D eigenvalue weighted by Crippen LogP contribution is -2.40. The van der Waals surface area contributed by atoms with Gasteiger partial charge in [-0.05, 0) is 70.4 Å². The van der Waals surface area contributed by atoms with Crippen LogP contribution in [-0.2, 0) is 12.8 Å². The molecule has 0 amide bonds. The van der Waals surface area contributed by atoms with Crippen LogP contribution in [0.5, 0.6) is 0 Å². The first-order valence-corrected chi connectivity index (χ1v) is 7.99. The van der Waals surface area contributed by atoms with Gasteiger partial charge >= 0.3 is 0 Å². The van der Waals surface area contributed by atoms with Crippen molar-refractivity contribution in [3.8, 4) is 0 Å². The van der Waals surface area contributed by atoms with E-state index in [9.17, 15) is 5.11 Å². The molecule has 0 aromatic heterocycles. The molecular formula is C18H29NO. The highest BCUT2D eigenvalue weighted by Crippen LogP contribution is 2.22. The summed E-state index contributed by atoms with van der Waals surface area (Å²) in [5.41, 5.74) is 2.52. The van der Waals surface area contributed by atoms with Crippen LogP contribution in [0, 0.1) is 0 Å². The number of fused-ring (bicyclic) bond motifs is 1. The fourth-order valence-electron chi connectivity index (χ4n) is 3.17. The second kappa shape index (κ2) is 6.73. The van der Waals surface area contributed by atoms with Gasteiger partial charge in [0.2, 0.25) is 0 Å². The van der Waals surface area contributed by atoms with E-state index in [0.717, 1.165) is 25.7 Å². The Hall–Kier alpha value is -0.860. The third kappa shape index (κ3) is 4.92. The Kier molecular flexibility index (Phi) is 5.22. The number of aryl methyl sites for hydroxylation is 1. The molecule has 1 aromatic carbocycles. The molecule has 0 bridgehead atoms. The van der Waals surface area contributed by atoms with E-state index >= 15 is 0 Å². The summed E-state index contributed by atoms with van der Waals surface area (Å²) in [6, 6.07) is 9.97. The van der Waals surface area contributed by atoms with Crippen molar-refractivity contribution in [3.63, 3.8) is 0 Å². The van der Waals surface area contributed by atoms with Crippen molar-refractivity contribution in [1.29, 1.82) is 0 Å². The molecule has 0 saturated carbocycles. The number of benzene rings is 1. The second-order valence-corrected chi connectivity index (χ2v) is 6.98. The number of aliphatic hydroxyl groups is 1. The third-order valence-electron chi connectivity index (χ3n) is 4.29. The van der Waals surface area contributed by atoms with Crippen LogP contribution in [0.1, 0.15) is 57.6 Å². The van der Waals surface area contributed by atoms with Gasteiger partial charge < -0.3 is 10.4 Å². The summed E-state index contributed by atoms with van der Waals surface area (Å²) >= 11 is 0. The van der Waals surface area contributed by atoms with Crippen LogP contribution in [-0.4, -0.2) is 22.8 Å². The smallest absolute Gasteiger partial charge is 0.0591 e. The zero-order valence-corrected chi connectivity index (χ0v) is 13.2. The van der Waals surface area contributed by atoms with E-state index in [0.29, 0.717) is 12.1 Å². The molecule has 2 heteroatoms. The Morgan fingerprint density at radius 3 is 2.70 bits per heavy atom. The Bertz CT molecular complexity index is 422. The Morgan fingerprint density at radius 1 is 1.30 bits per heavy atom. The van der Waals surface area contributed by atoms with Crippen LogP contribution >= 0.6 is 0 Å². The van der Waals surface area contributed by atoms with Gasteiger partial charge in [-0.3, -0.25) is 0 Å². The molecular weight excluding hydrogens is 246 g/mol. The Labute approximate surface area is 123 Å². The van der Waals surface area contributed by atoms with Crippen LogP contribution < -0.4 is 5.32 Å². The quantitative estimate of drug-likeness (QED) is 0.833. The van der Waals surface area contributed by atoms with Crippen molar-refractivity contribution in [3.05, 3.63) is 35.4 Å². The van der Waals surface area contributed by atoms with E-state index in [4.69, 9.17) is 0 Å². The van der Waals surface area contributed by atoms with Crippen LogP contribution in [0.25, 0.3) is 0 Å². The highest BCUT2D eigenvalue weighted by Gasteiger charge is 2.20. The van der Waals surface area contributed by atoms with Crippen LogP contribution in [0.4, 0.5) is 0 Å². The number of rotatable bonds is 6. The molecule has 2 rings (SSSR count). The standard InChI is InChI=1S/C18H29NO/c1-14(7-6-12-18(2,3)20)19-17-11-10-15-8-4-5-9-16(15)13-17/h4-5,8-9,14,17,19-20H,6-7,10-13H2,1-3H3/t14-,17-/m1/s1. The van der Waals surface area contributed by atoms with Gasteiger partial charge in [0, 0.05) is 12.1 Å². The average Bonchev–Trinajstić information content (AvgIpc) is 2.37. The van der Waals surface area contributed by atoms with E-state index in [1.165, 1.54) is 24.0 Å². The highest BCUT2D eigenvalue weighted by atomic mass is 16.3. The average molecular weight is 275 g/mol. The van der Waals surface area contributed by atoms with Crippen LogP contribution in [0.2, 0.25) is 0 Å². The molecule has 1 aliphatic carbocycles. The van der Waals surface area contributed by atoms with Crippen molar-refractivity contribution in [2.24, 2.45) is 0 Å². The van der Waals surface area contributed by atoms with Crippen LogP contribution in [0.15, 0.2) is 24.3 Å². The van der Waals surface area contributed by atoms with Crippen LogP contribution in [0.3, 0.4) is 0 Å². The highest BCUT2D eigenvalue weighted by molar-refractivity contribution is 5.30. The number of hydrogen-bond donors (Lipinski definition) is 2. The Morgan fingerprint density at radius 2 is 2.00 bits per heavy atom. The van der Waals surface area contributed by atoms with Crippen molar-refractivity contribution < 1.29 is 5.11 Å². The normalized spacial score (nSPS) is 20.5. The summed E-state index contributed by atoms with van der Waals surface area (Å²) in [5.74, 6) is 0. The maximum Gasteiger partial charge on any atom is 0.0591 e. The van der Waals surface area contributed by atoms with E-state index in [2.05, 4.69) is 36.5 Å². The molecule has 2 nitrogen and oxygen atoms in total. The zero-order valence-electron chi connectivity index (χ0n) is 13.2. The minimum atomic E-state index is -0.524. The van der Waals surface area contributed by atoms with Crippen molar-refractivity contribution in [2.45, 2.75) is 77.0 Å². The summed E-state index contributed by atoms with van der Waals surface area (Å²) in [4.78, 5) is 0. The molecule has 1 aliphatic rings. The maximum atomic E-state index is 9.74. The van der Waals surface area contributed by atoms with E-state index in [1.54, 1.807) is 0 Å². The molecule has 0 heterocycles. The molecule has 20 heavy (non-hydrogen) atoms. The van der Waals surface area contributed by atoms with Gasteiger partial charge in [-0.2, -0.15) is 0 Å². The summed E-state index contributed by atoms with van der Waals surface area (Å²) in [5, 5.41) is 13.5. The monoisotopic (exact) mass is 275 g/mol. The SMILES string of the molecule is C[C@H](CCCC(C)(C)O)N[C@@H]1CCc2ccccc2C1. The molecule has 0 aliphatic heterocycles. The summed E-state index contributed by atoms with van der Waals surface area (Å²) in [6.07, 6.45) is 6.71. The first kappa shape index (κ1) is 15.5. The largest absolute Gasteiger partial charge is 0.390 e. The zero-order chi connectivity index (χ0) is 14.6. The molecule has 2 atom stereocenters. The van der Waals surface area contributed by atoms with Gasteiger partial charge in [0.1, 0.15) is 0 Å². The van der Waals surface area contributed by atoms with Gasteiger partial charge in [-0.15, -0.1) is 0 Å². The van der Waals surface area contributed by atoms with E-state index < -0.39 is 5.60 Å². The fraction of sp³-hybridized carbons (Fsp3) is 0.667. The first-order chi connectivity index (χ1) is 9.44. The molecule has 0 spiro atoms. The summed E-state index contributed by atoms with van der Waals surface area (Å²) in [7, 11) is 0. The van der Waals surface area contributed by atoms with Gasteiger partial charge in [-0.25, -0.2) is 0 Å². The first-order valence-electron chi connectivity index (χ1n) is 7.99. The van der Waals surface area contributed by atoms with E-state index in [1.807, 2.05) is 13.8 Å². The predicted octanol–water partition coefficient (Wildman–Crippen LogP) is 3.46. The minimum Gasteiger partial charge on any atom is -0.390 e. The molecule has 0 saturated heterocycles. The summed E-state index contributed by atoms with van der Waals surface area (Å²) < 4.78 is 0. The Balaban J connectivity index is 1.75. The van der Waals surface area contributed by atoms with Gasteiger partial charge in [-0.1, -0.05) is 24.3 Å². The van der Waals surface area contributed by atoms with Gasteiger partial charge in [0.25, 0.3) is 0 Å². The van der Waals surface area contributed by atoms with Crippen molar-refractivity contribution >= 4 is 0 Å². The lowest BCUT2D eigenvalue weighted by atomic mass is 9.88. The fourth-order valence-corrected chi connectivity index (χ4v) is 3.17. The number of hydrogen-bond acceptors (Lipinski definition) is 2. The topological polar surface area (TPSA) is 32.3 Å². The molecule has 0 unspecified atom stereocenters. The third-order valence-corrected chi connectivity index (χ3v) is 4.29. The predicted molar refractivity (Wildman–Crippen MR) is 85.0 cm³/mol. The minimum absolute atomic E-state index is 0.524. The van der Waals surface area contributed by atoms with Crippen molar-refractivity contribution in [2.75, 3.05) is 0 Å². The number of nitrogens with one attached hydrogen (secondary N) is 1. The molecule has 2 N–H and O–H groups in total. The van der Waals surface area contributed by atoms with E-state index in [-0.39, 0.29) is 0 Å². The lowest BCUT2D eigenvalue weighted by molar-refractivity contribution is 0.0674. The maximum absolute atomic E-state index is 9.74. The molecule has 0 radical (unpaired) electrons.